The second kappa shape index (κ2) is 14.8. The quantitative estimate of drug-likeness (QED) is 0.378. The summed E-state index contributed by atoms with van der Waals surface area (Å²) in [5.41, 5.74) is 0. The van der Waals surface area contributed by atoms with Crippen LogP contribution in [0.1, 0.15) is 85.0 Å². The Morgan fingerprint density at radius 2 is 1.50 bits per heavy atom. The fourth-order valence-corrected chi connectivity index (χ4v) is 2.33. The molecule has 0 saturated carbocycles. The molecule has 1 N–H and O–H groups in total. The van der Waals surface area contributed by atoms with Crippen LogP contribution in [-0.2, 0) is 9.53 Å². The van der Waals surface area contributed by atoms with Crippen molar-refractivity contribution in [1.82, 2.24) is 5.32 Å². The van der Waals surface area contributed by atoms with E-state index in [0.717, 1.165) is 25.8 Å². The largest absolute Gasteiger partial charge is 0.465 e. The van der Waals surface area contributed by atoms with E-state index in [0.29, 0.717) is 6.61 Å². The lowest BCUT2D eigenvalue weighted by Gasteiger charge is -2.17. The fourth-order valence-electron chi connectivity index (χ4n) is 2.33. The summed E-state index contributed by atoms with van der Waals surface area (Å²) in [6.45, 7) is 7.71. The third kappa shape index (κ3) is 11.3. The molecule has 120 valence electrons. The first-order chi connectivity index (χ1) is 9.76. The molecule has 3 heteroatoms. The molecule has 0 rings (SSSR count). The normalized spacial score (nSPS) is 12.3. The second-order valence-corrected chi connectivity index (χ2v) is 5.52. The van der Waals surface area contributed by atoms with E-state index in [1.807, 2.05) is 6.92 Å². The van der Waals surface area contributed by atoms with E-state index in [9.17, 15) is 4.79 Å². The number of hydrogen-bond donors (Lipinski definition) is 1. The molecule has 0 aromatic heterocycles. The van der Waals surface area contributed by atoms with E-state index < -0.39 is 0 Å². The first-order valence-corrected chi connectivity index (χ1v) is 8.66. The molecular formula is C17H35NO2. The minimum atomic E-state index is -0.0989. The molecule has 0 saturated heterocycles. The highest BCUT2D eigenvalue weighted by Gasteiger charge is 2.18. The Hall–Kier alpha value is -0.570. The van der Waals surface area contributed by atoms with Crippen LogP contribution in [0, 0.1) is 0 Å². The maximum atomic E-state index is 11.9. The highest BCUT2D eigenvalue weighted by atomic mass is 16.5. The van der Waals surface area contributed by atoms with Crippen molar-refractivity contribution >= 4 is 5.97 Å². The molecule has 0 amide bonds. The Bertz CT molecular complexity index is 205. The van der Waals surface area contributed by atoms with Crippen LogP contribution < -0.4 is 5.32 Å². The summed E-state index contributed by atoms with van der Waals surface area (Å²) >= 11 is 0. The van der Waals surface area contributed by atoms with Gasteiger partial charge in [-0.05, 0) is 26.3 Å². The van der Waals surface area contributed by atoms with Crippen molar-refractivity contribution in [1.29, 1.82) is 0 Å². The summed E-state index contributed by atoms with van der Waals surface area (Å²) in [6.07, 6.45) is 12.0. The van der Waals surface area contributed by atoms with E-state index in [4.69, 9.17) is 4.74 Å². The van der Waals surface area contributed by atoms with Crippen molar-refractivity contribution in [2.45, 2.75) is 91.0 Å². The van der Waals surface area contributed by atoms with E-state index >= 15 is 0 Å². The molecule has 1 atom stereocenters. The summed E-state index contributed by atoms with van der Waals surface area (Å²) in [5, 5.41) is 3.38. The predicted molar refractivity (Wildman–Crippen MR) is 85.9 cm³/mol. The van der Waals surface area contributed by atoms with Crippen LogP contribution in [0.3, 0.4) is 0 Å². The zero-order chi connectivity index (χ0) is 15.1. The molecule has 0 unspecified atom stereocenters. The van der Waals surface area contributed by atoms with Crippen molar-refractivity contribution in [3.05, 3.63) is 0 Å². The van der Waals surface area contributed by atoms with E-state index in [2.05, 4.69) is 19.2 Å². The van der Waals surface area contributed by atoms with Gasteiger partial charge in [0.05, 0.1) is 6.61 Å². The Labute approximate surface area is 125 Å². The van der Waals surface area contributed by atoms with Gasteiger partial charge >= 0.3 is 5.97 Å². The van der Waals surface area contributed by atoms with Crippen LogP contribution in [0.4, 0.5) is 0 Å². The monoisotopic (exact) mass is 285 g/mol. The number of ether oxygens (including phenoxy) is 1. The maximum absolute atomic E-state index is 11.9. The molecule has 0 fully saturated rings. The van der Waals surface area contributed by atoms with Gasteiger partial charge in [0.25, 0.3) is 0 Å². The van der Waals surface area contributed by atoms with Gasteiger partial charge in [-0.25, -0.2) is 0 Å². The number of rotatable bonds is 14. The van der Waals surface area contributed by atoms with Crippen molar-refractivity contribution < 1.29 is 9.53 Å². The van der Waals surface area contributed by atoms with Crippen molar-refractivity contribution in [2.24, 2.45) is 0 Å². The topological polar surface area (TPSA) is 38.3 Å². The standard InChI is InChI=1S/C17H35NO2/c1-4-7-9-11-12-14-16(17(19)20-6-3)18-15-13-10-8-5-2/h16,18H,4-15H2,1-3H3/t16-/m1/s1. The van der Waals surface area contributed by atoms with Crippen LogP contribution in [0.5, 0.6) is 0 Å². The molecule has 3 nitrogen and oxygen atoms in total. The highest BCUT2D eigenvalue weighted by Crippen LogP contribution is 2.09. The number of carbonyl (C=O) groups is 1. The molecule has 20 heavy (non-hydrogen) atoms. The molecule has 0 aliphatic carbocycles. The van der Waals surface area contributed by atoms with Gasteiger partial charge in [-0.1, -0.05) is 65.2 Å². The molecule has 0 aromatic rings. The van der Waals surface area contributed by atoms with Crippen molar-refractivity contribution in [3.8, 4) is 0 Å². The van der Waals surface area contributed by atoms with Crippen LogP contribution in [0.15, 0.2) is 0 Å². The third-order valence-electron chi connectivity index (χ3n) is 3.59. The van der Waals surface area contributed by atoms with E-state index in [1.165, 1.54) is 44.9 Å². The van der Waals surface area contributed by atoms with Crippen LogP contribution in [0.25, 0.3) is 0 Å². The SMILES string of the molecule is CCCCCCC[C@@H](NCCCCCC)C(=O)OCC. The first-order valence-electron chi connectivity index (χ1n) is 8.66. The van der Waals surface area contributed by atoms with Crippen molar-refractivity contribution in [2.75, 3.05) is 13.2 Å². The smallest absolute Gasteiger partial charge is 0.323 e. The van der Waals surface area contributed by atoms with Crippen LogP contribution in [0.2, 0.25) is 0 Å². The van der Waals surface area contributed by atoms with E-state index in [-0.39, 0.29) is 12.0 Å². The lowest BCUT2D eigenvalue weighted by molar-refractivity contribution is -0.145. The number of nitrogens with one attached hydrogen (secondary N) is 1. The lowest BCUT2D eigenvalue weighted by Crippen LogP contribution is -2.38. The molecule has 0 aromatic carbocycles. The van der Waals surface area contributed by atoms with Crippen LogP contribution in [-0.4, -0.2) is 25.2 Å². The average molecular weight is 285 g/mol. The number of unbranched alkanes of at least 4 members (excludes halogenated alkanes) is 7. The summed E-state index contributed by atoms with van der Waals surface area (Å²) in [4.78, 5) is 11.9. The molecule has 0 heterocycles. The zero-order valence-electron chi connectivity index (χ0n) is 13.9. The third-order valence-corrected chi connectivity index (χ3v) is 3.59. The molecule has 0 spiro atoms. The number of esters is 1. The van der Waals surface area contributed by atoms with Gasteiger partial charge < -0.3 is 10.1 Å². The minimum absolute atomic E-state index is 0.0708. The van der Waals surface area contributed by atoms with Crippen molar-refractivity contribution in [3.63, 3.8) is 0 Å². The molecule has 0 aliphatic heterocycles. The Balaban J connectivity index is 3.85. The summed E-state index contributed by atoms with van der Waals surface area (Å²) in [6, 6.07) is -0.0989. The molecule has 0 bridgehead atoms. The van der Waals surface area contributed by atoms with Gasteiger partial charge in [0.2, 0.25) is 0 Å². The first kappa shape index (κ1) is 19.4. The second-order valence-electron chi connectivity index (χ2n) is 5.52. The number of hydrogen-bond acceptors (Lipinski definition) is 3. The van der Waals surface area contributed by atoms with Gasteiger partial charge in [-0.15, -0.1) is 0 Å². The summed E-state index contributed by atoms with van der Waals surface area (Å²) in [7, 11) is 0. The number of carbonyl (C=O) groups excluding carboxylic acids is 1. The van der Waals surface area contributed by atoms with Gasteiger partial charge in [-0.3, -0.25) is 4.79 Å². The maximum Gasteiger partial charge on any atom is 0.323 e. The Kier molecular flexibility index (Phi) is 14.4. The predicted octanol–water partition coefficient (Wildman–Crippen LogP) is 4.45. The molecular weight excluding hydrogens is 250 g/mol. The average Bonchev–Trinajstić information content (AvgIpc) is 2.44. The lowest BCUT2D eigenvalue weighted by atomic mass is 10.1. The van der Waals surface area contributed by atoms with Gasteiger partial charge in [0, 0.05) is 0 Å². The Morgan fingerprint density at radius 3 is 2.10 bits per heavy atom. The minimum Gasteiger partial charge on any atom is -0.465 e. The molecule has 0 aliphatic rings. The Morgan fingerprint density at radius 1 is 0.900 bits per heavy atom. The van der Waals surface area contributed by atoms with Crippen LogP contribution >= 0.6 is 0 Å². The van der Waals surface area contributed by atoms with Gasteiger partial charge in [-0.2, -0.15) is 0 Å². The van der Waals surface area contributed by atoms with Gasteiger partial charge in [0.1, 0.15) is 6.04 Å². The summed E-state index contributed by atoms with van der Waals surface area (Å²) < 4.78 is 5.16. The van der Waals surface area contributed by atoms with E-state index in [1.54, 1.807) is 0 Å². The molecule has 0 radical (unpaired) electrons. The fraction of sp³-hybridized carbons (Fsp3) is 0.941. The zero-order valence-corrected chi connectivity index (χ0v) is 13.9. The highest BCUT2D eigenvalue weighted by molar-refractivity contribution is 5.75. The van der Waals surface area contributed by atoms with Gasteiger partial charge in [0.15, 0.2) is 0 Å². The summed E-state index contributed by atoms with van der Waals surface area (Å²) in [5.74, 6) is -0.0708.